The zero-order valence-corrected chi connectivity index (χ0v) is 15.3. The van der Waals surface area contributed by atoms with Gasteiger partial charge in [-0.15, -0.1) is 0 Å². The number of benzene rings is 2. The second-order valence-corrected chi connectivity index (χ2v) is 7.28. The first-order valence-corrected chi connectivity index (χ1v) is 8.96. The van der Waals surface area contributed by atoms with Gasteiger partial charge >= 0.3 is 0 Å². The number of hydrogen-bond donors (Lipinski definition) is 2. The number of nitrogens with zero attached hydrogens (tertiary/aromatic N) is 1. The van der Waals surface area contributed by atoms with Crippen LogP contribution in [0.15, 0.2) is 36.4 Å². The van der Waals surface area contributed by atoms with Gasteiger partial charge in [0.1, 0.15) is 11.5 Å². The van der Waals surface area contributed by atoms with Crippen molar-refractivity contribution in [2.45, 2.75) is 58.3 Å². The smallest absolute Gasteiger partial charge is 0.127 e. The highest BCUT2D eigenvalue weighted by Crippen LogP contribution is 2.42. The normalized spacial score (nSPS) is 11.3. The van der Waals surface area contributed by atoms with Gasteiger partial charge in [0.2, 0.25) is 0 Å². The fourth-order valence-electron chi connectivity index (χ4n) is 3.18. The summed E-state index contributed by atoms with van der Waals surface area (Å²) < 4.78 is 0. The lowest BCUT2D eigenvalue weighted by atomic mass is 9.79. The summed E-state index contributed by atoms with van der Waals surface area (Å²) in [5, 5.41) is 30.1. The van der Waals surface area contributed by atoms with Gasteiger partial charge in [0.25, 0.3) is 0 Å². The Hall–Kier alpha value is -2.47. The summed E-state index contributed by atoms with van der Waals surface area (Å²) in [6.07, 6.45) is 5.79. The average Bonchev–Trinajstić information content (AvgIpc) is 2.58. The molecule has 2 aromatic rings. The van der Waals surface area contributed by atoms with Gasteiger partial charge in [0.15, 0.2) is 0 Å². The number of unbranched alkanes of at least 4 members (excludes halogenated alkanes) is 3. The molecule has 0 aliphatic rings. The second-order valence-electron chi connectivity index (χ2n) is 7.28. The minimum absolute atomic E-state index is 0.0479. The fraction of sp³-hybridized carbons (Fsp3) is 0.409. The minimum atomic E-state index is -0.115. The van der Waals surface area contributed by atoms with Crippen LogP contribution >= 0.6 is 0 Å². The monoisotopic (exact) mass is 337 g/mol. The van der Waals surface area contributed by atoms with Gasteiger partial charge < -0.3 is 10.2 Å². The van der Waals surface area contributed by atoms with Crippen LogP contribution in [0.3, 0.4) is 0 Å². The third-order valence-electron chi connectivity index (χ3n) is 4.81. The van der Waals surface area contributed by atoms with E-state index in [2.05, 4.69) is 26.8 Å². The molecule has 2 rings (SSSR count). The Morgan fingerprint density at radius 2 is 1.68 bits per heavy atom. The van der Waals surface area contributed by atoms with Crippen molar-refractivity contribution in [3.63, 3.8) is 0 Å². The zero-order chi connectivity index (χ0) is 18.4. The number of nitriles is 1. The molecule has 0 saturated heterocycles. The SMILES string of the molecule is CCCCCCC(C)(C)c1cc(O)c(-c2cccc(C#N)c2)c(O)c1. The van der Waals surface area contributed by atoms with Crippen molar-refractivity contribution >= 4 is 0 Å². The molecular weight excluding hydrogens is 310 g/mol. The molecule has 2 aromatic carbocycles. The standard InChI is InChI=1S/C22H27NO2/c1-4-5-6-7-11-22(2,3)18-13-19(24)21(20(25)14-18)17-10-8-9-16(12-17)15-23/h8-10,12-14,24-25H,4-7,11H2,1-3H3. The summed E-state index contributed by atoms with van der Waals surface area (Å²) >= 11 is 0. The minimum Gasteiger partial charge on any atom is -0.507 e. The van der Waals surface area contributed by atoms with Gasteiger partial charge in [0, 0.05) is 0 Å². The molecule has 25 heavy (non-hydrogen) atoms. The van der Waals surface area contributed by atoms with Crippen LogP contribution in [-0.2, 0) is 5.41 Å². The van der Waals surface area contributed by atoms with Gasteiger partial charge in [-0.1, -0.05) is 58.6 Å². The topological polar surface area (TPSA) is 64.2 Å². The third kappa shape index (κ3) is 4.54. The summed E-state index contributed by atoms with van der Waals surface area (Å²) in [6.45, 7) is 6.48. The molecule has 132 valence electrons. The van der Waals surface area contributed by atoms with Crippen LogP contribution in [0, 0.1) is 11.3 Å². The lowest BCUT2D eigenvalue weighted by molar-refractivity contribution is 0.425. The molecule has 0 aromatic heterocycles. The summed E-state index contributed by atoms with van der Waals surface area (Å²) in [6, 6.07) is 12.5. The quantitative estimate of drug-likeness (QED) is 0.620. The Labute approximate surface area is 150 Å². The molecule has 0 aliphatic heterocycles. The first kappa shape index (κ1) is 18.9. The van der Waals surface area contributed by atoms with Crippen LogP contribution < -0.4 is 0 Å². The van der Waals surface area contributed by atoms with Crippen molar-refractivity contribution < 1.29 is 10.2 Å². The van der Waals surface area contributed by atoms with Gasteiger partial charge in [-0.3, -0.25) is 0 Å². The largest absolute Gasteiger partial charge is 0.507 e. The molecule has 3 nitrogen and oxygen atoms in total. The Morgan fingerprint density at radius 1 is 1.00 bits per heavy atom. The van der Waals surface area contributed by atoms with Crippen LogP contribution in [0.2, 0.25) is 0 Å². The van der Waals surface area contributed by atoms with Gasteiger partial charge in [-0.25, -0.2) is 0 Å². The molecular formula is C22H27NO2. The molecule has 0 heterocycles. The first-order valence-electron chi connectivity index (χ1n) is 8.96. The van der Waals surface area contributed by atoms with E-state index in [0.29, 0.717) is 16.7 Å². The molecule has 0 fully saturated rings. The number of rotatable bonds is 7. The molecule has 0 saturated carbocycles. The van der Waals surface area contributed by atoms with E-state index in [1.54, 1.807) is 36.4 Å². The highest BCUT2D eigenvalue weighted by Gasteiger charge is 2.23. The number of phenolic OH excluding ortho intramolecular Hbond substituents is 2. The number of hydrogen-bond acceptors (Lipinski definition) is 3. The van der Waals surface area contributed by atoms with Crippen molar-refractivity contribution in [3.05, 3.63) is 47.5 Å². The zero-order valence-electron chi connectivity index (χ0n) is 15.3. The summed E-state index contributed by atoms with van der Waals surface area (Å²) in [5.41, 5.74) is 2.33. The van der Waals surface area contributed by atoms with E-state index in [9.17, 15) is 10.2 Å². The second kappa shape index (κ2) is 8.07. The number of aromatic hydroxyl groups is 2. The first-order chi connectivity index (χ1) is 11.9. The maximum Gasteiger partial charge on any atom is 0.127 e. The maximum absolute atomic E-state index is 10.5. The van der Waals surface area contributed by atoms with E-state index in [1.165, 1.54) is 19.3 Å². The van der Waals surface area contributed by atoms with Gasteiger partial charge in [-0.05, 0) is 47.2 Å². The van der Waals surface area contributed by atoms with E-state index >= 15 is 0 Å². The molecule has 0 amide bonds. The maximum atomic E-state index is 10.5. The van der Waals surface area contributed by atoms with Crippen LogP contribution in [0.5, 0.6) is 11.5 Å². The summed E-state index contributed by atoms with van der Waals surface area (Å²) in [5.74, 6) is 0.0958. The van der Waals surface area contributed by atoms with E-state index in [-0.39, 0.29) is 16.9 Å². The molecule has 0 aliphatic carbocycles. The van der Waals surface area contributed by atoms with E-state index in [0.717, 1.165) is 18.4 Å². The lowest BCUT2D eigenvalue weighted by Crippen LogP contribution is -2.17. The highest BCUT2D eigenvalue weighted by atomic mass is 16.3. The van der Waals surface area contributed by atoms with Crippen molar-refractivity contribution in [1.29, 1.82) is 5.26 Å². The molecule has 2 N–H and O–H groups in total. The van der Waals surface area contributed by atoms with Crippen LogP contribution in [0.4, 0.5) is 0 Å². The molecule has 0 atom stereocenters. The van der Waals surface area contributed by atoms with Crippen molar-refractivity contribution in [2.75, 3.05) is 0 Å². The highest BCUT2D eigenvalue weighted by molar-refractivity contribution is 5.77. The summed E-state index contributed by atoms with van der Waals surface area (Å²) in [4.78, 5) is 0. The average molecular weight is 337 g/mol. The molecule has 0 spiro atoms. The third-order valence-corrected chi connectivity index (χ3v) is 4.81. The molecule has 0 unspecified atom stereocenters. The van der Waals surface area contributed by atoms with Crippen molar-refractivity contribution in [1.82, 2.24) is 0 Å². The van der Waals surface area contributed by atoms with Crippen LogP contribution in [-0.4, -0.2) is 10.2 Å². The molecule has 0 radical (unpaired) electrons. The van der Waals surface area contributed by atoms with Crippen molar-refractivity contribution in [3.8, 4) is 28.7 Å². The van der Waals surface area contributed by atoms with Crippen molar-refractivity contribution in [2.24, 2.45) is 0 Å². The Bertz CT molecular complexity index is 749. The van der Waals surface area contributed by atoms with E-state index in [4.69, 9.17) is 5.26 Å². The predicted molar refractivity (Wildman–Crippen MR) is 102 cm³/mol. The van der Waals surface area contributed by atoms with Crippen LogP contribution in [0.1, 0.15) is 64.0 Å². The van der Waals surface area contributed by atoms with Crippen LogP contribution in [0.25, 0.3) is 11.1 Å². The lowest BCUT2D eigenvalue weighted by Gasteiger charge is -2.26. The van der Waals surface area contributed by atoms with Gasteiger partial charge in [0.05, 0.1) is 17.2 Å². The van der Waals surface area contributed by atoms with E-state index < -0.39 is 0 Å². The Morgan fingerprint density at radius 3 is 2.28 bits per heavy atom. The Balaban J connectivity index is 2.32. The number of phenols is 2. The fourth-order valence-corrected chi connectivity index (χ4v) is 3.18. The summed E-state index contributed by atoms with van der Waals surface area (Å²) in [7, 11) is 0. The van der Waals surface area contributed by atoms with Gasteiger partial charge in [-0.2, -0.15) is 5.26 Å². The molecule has 3 heteroatoms. The molecule has 0 bridgehead atoms. The van der Waals surface area contributed by atoms with E-state index in [1.807, 2.05) is 0 Å². The predicted octanol–water partition coefficient (Wildman–Crippen LogP) is 5.88. The Kier molecular flexibility index (Phi) is 6.09.